The number of benzene rings is 1. The van der Waals surface area contributed by atoms with Gasteiger partial charge in [0.25, 0.3) is 11.8 Å². The minimum atomic E-state index is -0.617. The molecule has 0 aromatic heterocycles. The van der Waals surface area contributed by atoms with Crippen LogP contribution in [0.25, 0.3) is 0 Å². The summed E-state index contributed by atoms with van der Waals surface area (Å²) in [5.41, 5.74) is 1.02. The smallest absolute Gasteiger partial charge is 0.265 e. The highest BCUT2D eigenvalue weighted by atomic mass is 16.5. The van der Waals surface area contributed by atoms with Gasteiger partial charge in [-0.2, -0.15) is 0 Å². The van der Waals surface area contributed by atoms with Gasteiger partial charge in [0.05, 0.1) is 17.4 Å². The van der Waals surface area contributed by atoms with Gasteiger partial charge in [-0.25, -0.2) is 0 Å². The van der Waals surface area contributed by atoms with Crippen LogP contribution in [0.2, 0.25) is 0 Å². The van der Waals surface area contributed by atoms with Crippen LogP contribution in [0.5, 0.6) is 5.75 Å². The molecule has 2 aliphatic rings. The number of fused-ring (bicyclic) bond motifs is 1. The molecular weight excluding hydrogens is 322 g/mol. The van der Waals surface area contributed by atoms with Gasteiger partial charge in [0.2, 0.25) is 0 Å². The Morgan fingerprint density at radius 3 is 2.76 bits per heavy atom. The number of nitrogens with one attached hydrogen (secondary N) is 1. The van der Waals surface area contributed by atoms with E-state index in [2.05, 4.69) is 10.2 Å². The number of piperazine rings is 1. The molecule has 2 heterocycles. The summed E-state index contributed by atoms with van der Waals surface area (Å²) < 4.78 is 5.67. The standard InChI is InChI=1S/C18H25N3O4/c1-3-13(22)11-20-7-9-21(10-8-20)18(24)14-5-4-6-15-16(14)25-12(2)17(23)19-15/h4-6,12-13,22H,3,7-11H2,1-2H3,(H,19,23)/t12-,13-/m0/s1. The average Bonchev–Trinajstić information content (AvgIpc) is 2.62. The van der Waals surface area contributed by atoms with Gasteiger partial charge in [-0.15, -0.1) is 0 Å². The number of carbonyl (C=O) groups excluding carboxylic acids is 2. The van der Waals surface area contributed by atoms with Crippen LogP contribution in [0, 0.1) is 0 Å². The van der Waals surface area contributed by atoms with E-state index in [1.54, 1.807) is 30.0 Å². The molecule has 2 N–H and O–H groups in total. The zero-order chi connectivity index (χ0) is 18.0. The second kappa shape index (κ2) is 7.41. The number of nitrogens with zero attached hydrogens (tertiary/aromatic N) is 2. The molecule has 2 amide bonds. The van der Waals surface area contributed by atoms with Crippen LogP contribution in [-0.2, 0) is 4.79 Å². The van der Waals surface area contributed by atoms with E-state index in [-0.39, 0.29) is 17.9 Å². The maximum absolute atomic E-state index is 12.9. The Hall–Kier alpha value is -2.12. The maximum Gasteiger partial charge on any atom is 0.265 e. The van der Waals surface area contributed by atoms with Gasteiger partial charge in [-0.05, 0) is 25.5 Å². The second-order valence-electron chi connectivity index (χ2n) is 6.59. The number of hydrogen-bond donors (Lipinski definition) is 2. The minimum absolute atomic E-state index is 0.0871. The lowest BCUT2D eigenvalue weighted by Gasteiger charge is -2.36. The molecule has 7 nitrogen and oxygen atoms in total. The number of amides is 2. The zero-order valence-corrected chi connectivity index (χ0v) is 14.7. The van der Waals surface area contributed by atoms with Crippen molar-refractivity contribution in [2.45, 2.75) is 32.5 Å². The molecule has 136 valence electrons. The van der Waals surface area contributed by atoms with Crippen LogP contribution < -0.4 is 10.1 Å². The second-order valence-corrected chi connectivity index (χ2v) is 6.59. The molecule has 0 radical (unpaired) electrons. The minimum Gasteiger partial charge on any atom is -0.478 e. The Labute approximate surface area is 147 Å². The first-order chi connectivity index (χ1) is 12.0. The predicted molar refractivity (Wildman–Crippen MR) is 93.8 cm³/mol. The maximum atomic E-state index is 12.9. The summed E-state index contributed by atoms with van der Waals surface area (Å²) in [7, 11) is 0. The first kappa shape index (κ1) is 17.7. The predicted octanol–water partition coefficient (Wildman–Crippen LogP) is 0.935. The molecule has 1 aromatic carbocycles. The Bertz CT molecular complexity index is 656. The van der Waals surface area contributed by atoms with Crippen LogP contribution in [0.4, 0.5) is 5.69 Å². The molecule has 7 heteroatoms. The van der Waals surface area contributed by atoms with Gasteiger partial charge >= 0.3 is 0 Å². The van der Waals surface area contributed by atoms with Crippen molar-refractivity contribution in [2.24, 2.45) is 0 Å². The van der Waals surface area contributed by atoms with Crippen LogP contribution in [0.3, 0.4) is 0 Å². The monoisotopic (exact) mass is 347 g/mol. The number of aliphatic hydroxyl groups excluding tert-OH is 1. The first-order valence-electron chi connectivity index (χ1n) is 8.79. The van der Waals surface area contributed by atoms with E-state index in [0.29, 0.717) is 36.6 Å². The molecule has 0 spiro atoms. The zero-order valence-electron chi connectivity index (χ0n) is 14.7. The van der Waals surface area contributed by atoms with Crippen LogP contribution in [0.1, 0.15) is 30.6 Å². The van der Waals surface area contributed by atoms with Crippen molar-refractivity contribution in [1.29, 1.82) is 0 Å². The summed E-state index contributed by atoms with van der Waals surface area (Å²) in [5, 5.41) is 12.5. The molecular formula is C18H25N3O4. The molecule has 1 aromatic rings. The Morgan fingerprint density at radius 1 is 1.36 bits per heavy atom. The fraction of sp³-hybridized carbons (Fsp3) is 0.556. The quantitative estimate of drug-likeness (QED) is 0.847. The Morgan fingerprint density at radius 2 is 2.08 bits per heavy atom. The van der Waals surface area contributed by atoms with Crippen LogP contribution in [0.15, 0.2) is 18.2 Å². The summed E-state index contributed by atoms with van der Waals surface area (Å²) in [5.74, 6) is 0.152. The Kier molecular flexibility index (Phi) is 5.24. The number of para-hydroxylation sites is 1. The lowest BCUT2D eigenvalue weighted by Crippen LogP contribution is -2.50. The van der Waals surface area contributed by atoms with E-state index in [9.17, 15) is 14.7 Å². The highest BCUT2D eigenvalue weighted by Crippen LogP contribution is 2.34. The number of carbonyl (C=O) groups is 2. The highest BCUT2D eigenvalue weighted by molar-refractivity contribution is 6.04. The number of rotatable bonds is 4. The lowest BCUT2D eigenvalue weighted by atomic mass is 10.1. The van der Waals surface area contributed by atoms with Gasteiger partial charge < -0.3 is 20.1 Å². The summed E-state index contributed by atoms with van der Waals surface area (Å²) in [6, 6.07) is 5.22. The van der Waals surface area contributed by atoms with Crippen molar-refractivity contribution in [1.82, 2.24) is 9.80 Å². The van der Waals surface area contributed by atoms with E-state index < -0.39 is 6.10 Å². The average molecular weight is 347 g/mol. The molecule has 1 fully saturated rings. The molecule has 2 atom stereocenters. The van der Waals surface area contributed by atoms with Crippen molar-refractivity contribution >= 4 is 17.5 Å². The number of anilines is 1. The third kappa shape index (κ3) is 3.77. The van der Waals surface area contributed by atoms with Gasteiger partial charge in [-0.1, -0.05) is 13.0 Å². The molecule has 0 unspecified atom stereocenters. The van der Waals surface area contributed by atoms with E-state index in [4.69, 9.17) is 4.74 Å². The fourth-order valence-corrected chi connectivity index (χ4v) is 3.13. The largest absolute Gasteiger partial charge is 0.478 e. The van der Waals surface area contributed by atoms with Gasteiger partial charge in [0.1, 0.15) is 0 Å². The Balaban J connectivity index is 1.69. The molecule has 0 aliphatic carbocycles. The van der Waals surface area contributed by atoms with Gasteiger partial charge in [-0.3, -0.25) is 14.5 Å². The number of ether oxygens (including phenoxy) is 1. The van der Waals surface area contributed by atoms with Gasteiger partial charge in [0.15, 0.2) is 11.9 Å². The van der Waals surface area contributed by atoms with Crippen LogP contribution >= 0.6 is 0 Å². The third-order valence-corrected chi connectivity index (χ3v) is 4.77. The van der Waals surface area contributed by atoms with Crippen molar-refractivity contribution < 1.29 is 19.4 Å². The third-order valence-electron chi connectivity index (χ3n) is 4.77. The van der Waals surface area contributed by atoms with Crippen molar-refractivity contribution in [2.75, 3.05) is 38.0 Å². The summed E-state index contributed by atoms with van der Waals surface area (Å²) in [6.45, 7) is 6.98. The van der Waals surface area contributed by atoms with Crippen LogP contribution in [-0.4, -0.2) is 71.7 Å². The first-order valence-corrected chi connectivity index (χ1v) is 8.79. The van der Waals surface area contributed by atoms with Gasteiger partial charge in [0, 0.05) is 32.7 Å². The fourth-order valence-electron chi connectivity index (χ4n) is 3.13. The molecule has 3 rings (SSSR count). The molecule has 0 saturated carbocycles. The normalized spacial score (nSPS) is 22.0. The summed E-state index contributed by atoms with van der Waals surface area (Å²) >= 11 is 0. The topological polar surface area (TPSA) is 82.1 Å². The number of aliphatic hydroxyl groups is 1. The van der Waals surface area contributed by atoms with E-state index in [1.165, 1.54) is 0 Å². The van der Waals surface area contributed by atoms with E-state index in [0.717, 1.165) is 19.5 Å². The highest BCUT2D eigenvalue weighted by Gasteiger charge is 2.30. The molecule has 0 bridgehead atoms. The SMILES string of the molecule is CC[C@H](O)CN1CCN(C(=O)c2cccc3c2O[C@@H](C)C(=O)N3)CC1. The van der Waals surface area contributed by atoms with Crippen molar-refractivity contribution in [3.63, 3.8) is 0 Å². The number of β-amino-alcohol motifs (C(OH)–C–C–N with tert-alkyl or cyclic N) is 1. The van der Waals surface area contributed by atoms with E-state index >= 15 is 0 Å². The molecule has 2 aliphatic heterocycles. The summed E-state index contributed by atoms with van der Waals surface area (Å²) in [6.07, 6.45) is -0.202. The number of hydrogen-bond acceptors (Lipinski definition) is 5. The lowest BCUT2D eigenvalue weighted by molar-refractivity contribution is -0.122. The van der Waals surface area contributed by atoms with Crippen molar-refractivity contribution in [3.05, 3.63) is 23.8 Å². The van der Waals surface area contributed by atoms with Crippen molar-refractivity contribution in [3.8, 4) is 5.75 Å². The molecule has 25 heavy (non-hydrogen) atoms. The summed E-state index contributed by atoms with van der Waals surface area (Å²) in [4.78, 5) is 28.6. The van der Waals surface area contributed by atoms with E-state index in [1.807, 2.05) is 6.92 Å². The molecule has 1 saturated heterocycles.